The van der Waals surface area contributed by atoms with E-state index in [-0.39, 0.29) is 11.0 Å². The molecule has 3 nitrogen and oxygen atoms in total. The Labute approximate surface area is 129 Å². The number of aromatic nitrogens is 1. The maximum absolute atomic E-state index is 12.5. The van der Waals surface area contributed by atoms with E-state index in [0.29, 0.717) is 5.01 Å². The lowest BCUT2D eigenvalue weighted by Crippen LogP contribution is -2.28. The second-order valence-electron chi connectivity index (χ2n) is 4.42. The van der Waals surface area contributed by atoms with Crippen LogP contribution in [0.2, 0.25) is 0 Å². The zero-order valence-electron chi connectivity index (χ0n) is 10.6. The van der Waals surface area contributed by atoms with Crippen LogP contribution >= 0.6 is 34.9 Å². The highest BCUT2D eigenvalue weighted by Gasteiger charge is 2.32. The van der Waals surface area contributed by atoms with Gasteiger partial charge in [-0.25, -0.2) is 4.98 Å². The van der Waals surface area contributed by atoms with Crippen molar-refractivity contribution in [3.63, 3.8) is 0 Å². The summed E-state index contributed by atoms with van der Waals surface area (Å²) in [6.07, 6.45) is 0. The third-order valence-corrected chi connectivity index (χ3v) is 6.98. The highest BCUT2D eigenvalue weighted by Crippen LogP contribution is 2.33. The smallest absolute Gasteiger partial charge is 0.170 e. The van der Waals surface area contributed by atoms with Gasteiger partial charge in [0.1, 0.15) is 5.01 Å². The van der Waals surface area contributed by atoms with E-state index in [1.807, 2.05) is 24.3 Å². The van der Waals surface area contributed by atoms with Crippen molar-refractivity contribution in [2.75, 3.05) is 17.3 Å². The van der Waals surface area contributed by atoms with E-state index in [1.54, 1.807) is 23.5 Å². The summed E-state index contributed by atoms with van der Waals surface area (Å²) in [4.78, 5) is 17.0. The van der Waals surface area contributed by atoms with E-state index < -0.39 is 5.92 Å². The first kappa shape index (κ1) is 13.9. The first-order valence-corrected chi connectivity index (χ1v) is 9.30. The monoisotopic (exact) mass is 320 g/mol. The van der Waals surface area contributed by atoms with Crippen molar-refractivity contribution in [2.45, 2.75) is 11.2 Å². The summed E-state index contributed by atoms with van der Waals surface area (Å²) in [5, 5.41) is 9.96. The number of nitriles is 1. The maximum Gasteiger partial charge on any atom is 0.170 e. The normalized spacial score (nSPS) is 20.4. The van der Waals surface area contributed by atoms with Crippen LogP contribution in [-0.4, -0.2) is 33.3 Å². The third kappa shape index (κ3) is 2.71. The van der Waals surface area contributed by atoms with Crippen molar-refractivity contribution in [1.29, 1.82) is 5.26 Å². The molecule has 0 saturated carbocycles. The molecular formula is C14H12N2OS3. The molecule has 0 aliphatic carbocycles. The fraction of sp³-hybridized carbons (Fsp3) is 0.357. The Kier molecular flexibility index (Phi) is 4.29. The molecule has 1 aromatic heterocycles. The number of benzene rings is 1. The van der Waals surface area contributed by atoms with Gasteiger partial charge in [0.05, 0.1) is 21.5 Å². The molecule has 2 atom stereocenters. The number of para-hydroxylation sites is 1. The molecule has 1 aliphatic rings. The number of nitrogens with zero attached hydrogens (tertiary/aromatic N) is 2. The van der Waals surface area contributed by atoms with E-state index in [4.69, 9.17) is 0 Å². The molecule has 20 heavy (non-hydrogen) atoms. The first-order valence-electron chi connectivity index (χ1n) is 6.28. The number of carbonyl (C=O) groups excluding carboxylic acids is 1. The molecule has 0 N–H and O–H groups in total. The van der Waals surface area contributed by atoms with Gasteiger partial charge < -0.3 is 0 Å². The molecule has 0 bridgehead atoms. The summed E-state index contributed by atoms with van der Waals surface area (Å²) >= 11 is 4.92. The SMILES string of the molecule is N#C[C@@H](C(=O)[C@@H]1CSCCS1)c1nc2ccccc2s1. The topological polar surface area (TPSA) is 53.8 Å². The number of carbonyl (C=O) groups is 1. The lowest BCUT2D eigenvalue weighted by atomic mass is 10.0. The number of thioether (sulfide) groups is 2. The largest absolute Gasteiger partial charge is 0.296 e. The predicted molar refractivity (Wildman–Crippen MR) is 86.6 cm³/mol. The van der Waals surface area contributed by atoms with E-state index in [0.717, 1.165) is 27.5 Å². The summed E-state index contributed by atoms with van der Waals surface area (Å²) in [6.45, 7) is 0. The molecule has 3 rings (SSSR count). The van der Waals surface area contributed by atoms with E-state index in [9.17, 15) is 10.1 Å². The van der Waals surface area contributed by atoms with Crippen LogP contribution in [0.4, 0.5) is 0 Å². The van der Waals surface area contributed by atoms with Gasteiger partial charge in [-0.15, -0.1) is 23.1 Å². The van der Waals surface area contributed by atoms with Gasteiger partial charge in [-0.05, 0) is 12.1 Å². The molecule has 1 aliphatic heterocycles. The molecule has 0 spiro atoms. The Morgan fingerprint density at radius 3 is 2.95 bits per heavy atom. The number of Topliss-reactive ketones (excluding diaryl/α,β-unsaturated/α-hetero) is 1. The zero-order chi connectivity index (χ0) is 13.9. The highest BCUT2D eigenvalue weighted by molar-refractivity contribution is 8.07. The second kappa shape index (κ2) is 6.17. The third-order valence-electron chi connectivity index (χ3n) is 3.10. The standard InChI is InChI=1S/C14H12N2OS3/c15-7-9(13(17)12-8-18-5-6-19-12)14-16-10-3-1-2-4-11(10)20-14/h1-4,9,12H,5-6,8H2/t9-,12-/m0/s1. The van der Waals surface area contributed by atoms with Crippen molar-refractivity contribution < 1.29 is 4.79 Å². The number of thiazole rings is 1. The van der Waals surface area contributed by atoms with Crippen LogP contribution in [0.5, 0.6) is 0 Å². The first-order chi connectivity index (χ1) is 9.79. The zero-order valence-corrected chi connectivity index (χ0v) is 13.1. The van der Waals surface area contributed by atoms with Gasteiger partial charge in [-0.2, -0.15) is 17.0 Å². The minimum Gasteiger partial charge on any atom is -0.296 e. The molecular weight excluding hydrogens is 308 g/mol. The Hall–Kier alpha value is -1.03. The van der Waals surface area contributed by atoms with Crippen molar-refractivity contribution in [1.82, 2.24) is 4.98 Å². The van der Waals surface area contributed by atoms with Gasteiger partial charge in [0, 0.05) is 17.3 Å². The van der Waals surface area contributed by atoms with E-state index in [1.165, 1.54) is 11.3 Å². The van der Waals surface area contributed by atoms with Gasteiger partial charge in [0.15, 0.2) is 11.7 Å². The number of ketones is 1. The fourth-order valence-corrected chi connectivity index (χ4v) is 5.77. The molecule has 2 heterocycles. The van der Waals surface area contributed by atoms with Gasteiger partial charge in [-0.3, -0.25) is 4.79 Å². The number of hydrogen-bond acceptors (Lipinski definition) is 6. The molecule has 1 fully saturated rings. The lowest BCUT2D eigenvalue weighted by molar-refractivity contribution is -0.118. The van der Waals surface area contributed by atoms with Gasteiger partial charge in [0.25, 0.3) is 0 Å². The maximum atomic E-state index is 12.5. The van der Waals surface area contributed by atoms with Crippen molar-refractivity contribution in [3.8, 4) is 6.07 Å². The molecule has 0 amide bonds. The Balaban J connectivity index is 1.89. The highest BCUT2D eigenvalue weighted by atomic mass is 32.2. The number of rotatable bonds is 3. The van der Waals surface area contributed by atoms with Crippen LogP contribution in [-0.2, 0) is 4.79 Å². The Bertz CT molecular complexity index is 637. The molecule has 0 unspecified atom stereocenters. The van der Waals surface area contributed by atoms with Crippen LogP contribution in [0.3, 0.4) is 0 Å². The molecule has 102 valence electrons. The van der Waals surface area contributed by atoms with Gasteiger partial charge >= 0.3 is 0 Å². The van der Waals surface area contributed by atoms with E-state index in [2.05, 4.69) is 11.1 Å². The minimum atomic E-state index is -0.719. The molecule has 6 heteroatoms. The average molecular weight is 320 g/mol. The Morgan fingerprint density at radius 2 is 2.25 bits per heavy atom. The van der Waals surface area contributed by atoms with Crippen molar-refractivity contribution >= 4 is 50.9 Å². The number of hydrogen-bond donors (Lipinski definition) is 0. The van der Waals surface area contributed by atoms with Crippen LogP contribution < -0.4 is 0 Å². The quantitative estimate of drug-likeness (QED) is 0.868. The van der Waals surface area contributed by atoms with Crippen LogP contribution in [0.25, 0.3) is 10.2 Å². The summed E-state index contributed by atoms with van der Waals surface area (Å²) in [5.74, 6) is 2.19. The summed E-state index contributed by atoms with van der Waals surface area (Å²) in [5.41, 5.74) is 0.867. The van der Waals surface area contributed by atoms with Gasteiger partial charge in [-0.1, -0.05) is 12.1 Å². The fourth-order valence-electron chi connectivity index (χ4n) is 2.09. The molecule has 2 aromatic rings. The number of fused-ring (bicyclic) bond motifs is 1. The van der Waals surface area contributed by atoms with Gasteiger partial charge in [0.2, 0.25) is 0 Å². The van der Waals surface area contributed by atoms with E-state index >= 15 is 0 Å². The molecule has 0 radical (unpaired) electrons. The Morgan fingerprint density at radius 1 is 1.40 bits per heavy atom. The minimum absolute atomic E-state index is 0.0174. The summed E-state index contributed by atoms with van der Waals surface area (Å²) < 4.78 is 1.03. The van der Waals surface area contributed by atoms with Crippen molar-refractivity contribution in [3.05, 3.63) is 29.3 Å². The van der Waals surface area contributed by atoms with Crippen LogP contribution in [0, 0.1) is 11.3 Å². The summed E-state index contributed by atoms with van der Waals surface area (Å²) in [7, 11) is 0. The van der Waals surface area contributed by atoms with Crippen molar-refractivity contribution in [2.24, 2.45) is 0 Å². The van der Waals surface area contributed by atoms with Crippen LogP contribution in [0.1, 0.15) is 10.9 Å². The predicted octanol–water partition coefficient (Wildman–Crippen LogP) is 3.32. The average Bonchev–Trinajstić information content (AvgIpc) is 2.92. The summed E-state index contributed by atoms with van der Waals surface area (Å²) in [6, 6.07) is 9.91. The second-order valence-corrected chi connectivity index (χ2v) is 7.94. The molecule has 1 aromatic carbocycles. The van der Waals surface area contributed by atoms with Crippen LogP contribution in [0.15, 0.2) is 24.3 Å². The lowest BCUT2D eigenvalue weighted by Gasteiger charge is -2.20. The molecule has 1 saturated heterocycles.